The molecular weight excluding hydrogens is 214 g/mol. The smallest absolute Gasteiger partial charge is 0.325 e. The van der Waals surface area contributed by atoms with E-state index < -0.39 is 0 Å². The Morgan fingerprint density at radius 3 is 2.73 bits per heavy atom. The lowest BCUT2D eigenvalue weighted by Gasteiger charge is -2.18. The molecular formula is C9H15N3O2S. The Morgan fingerprint density at radius 2 is 2.27 bits per heavy atom. The molecule has 0 bridgehead atoms. The molecule has 0 amide bonds. The van der Waals surface area contributed by atoms with E-state index >= 15 is 0 Å². The van der Waals surface area contributed by atoms with E-state index in [1.165, 1.54) is 18.4 Å². The maximum absolute atomic E-state index is 11.2. The first-order valence-corrected chi connectivity index (χ1v) is 5.61. The van der Waals surface area contributed by atoms with Crippen LogP contribution in [0.15, 0.2) is 0 Å². The molecule has 0 saturated heterocycles. The van der Waals surface area contributed by atoms with E-state index in [-0.39, 0.29) is 12.5 Å². The van der Waals surface area contributed by atoms with Gasteiger partial charge in [0.1, 0.15) is 11.6 Å². The first-order valence-electron chi connectivity index (χ1n) is 4.79. The van der Waals surface area contributed by atoms with Gasteiger partial charge in [0.15, 0.2) is 0 Å². The molecule has 84 valence electrons. The predicted molar refractivity (Wildman–Crippen MR) is 59.2 cm³/mol. The van der Waals surface area contributed by atoms with Crippen LogP contribution in [-0.2, 0) is 9.53 Å². The molecule has 5 nitrogen and oxygen atoms in total. The average Bonchev–Trinajstić information content (AvgIpc) is 2.64. The van der Waals surface area contributed by atoms with Gasteiger partial charge in [-0.15, -0.1) is 10.2 Å². The van der Waals surface area contributed by atoms with E-state index in [0.29, 0.717) is 0 Å². The van der Waals surface area contributed by atoms with Crippen LogP contribution in [0.25, 0.3) is 0 Å². The van der Waals surface area contributed by atoms with Crippen molar-refractivity contribution in [1.82, 2.24) is 10.2 Å². The molecule has 1 aromatic heterocycles. The first-order chi connectivity index (χ1) is 7.17. The maximum Gasteiger partial charge on any atom is 0.325 e. The van der Waals surface area contributed by atoms with Gasteiger partial charge < -0.3 is 9.64 Å². The summed E-state index contributed by atoms with van der Waals surface area (Å²) in [6.45, 7) is 4.96. The number of esters is 1. The van der Waals surface area contributed by atoms with Gasteiger partial charge in [0.25, 0.3) is 0 Å². The van der Waals surface area contributed by atoms with Gasteiger partial charge in [-0.1, -0.05) is 18.3 Å². The lowest BCUT2D eigenvalue weighted by Crippen LogP contribution is -2.31. The molecule has 0 spiro atoms. The molecule has 15 heavy (non-hydrogen) atoms. The van der Waals surface area contributed by atoms with Gasteiger partial charge in [0, 0.05) is 6.54 Å². The molecule has 0 radical (unpaired) electrons. The average molecular weight is 229 g/mol. The number of hydrogen-bond acceptors (Lipinski definition) is 6. The van der Waals surface area contributed by atoms with Crippen LogP contribution in [0.4, 0.5) is 5.13 Å². The lowest BCUT2D eigenvalue weighted by atomic mass is 10.4. The second kappa shape index (κ2) is 5.65. The number of carbonyl (C=O) groups is 1. The summed E-state index contributed by atoms with van der Waals surface area (Å²) in [7, 11) is 1.39. The maximum atomic E-state index is 11.2. The van der Waals surface area contributed by atoms with Gasteiger partial charge in [-0.2, -0.15) is 0 Å². The Hall–Kier alpha value is -1.17. The van der Waals surface area contributed by atoms with E-state index in [0.717, 1.165) is 23.1 Å². The highest BCUT2D eigenvalue weighted by Crippen LogP contribution is 2.19. The van der Waals surface area contributed by atoms with Crippen molar-refractivity contribution in [2.45, 2.75) is 20.3 Å². The Kier molecular flexibility index (Phi) is 4.48. The molecule has 1 heterocycles. The summed E-state index contributed by atoms with van der Waals surface area (Å²) >= 11 is 1.48. The van der Waals surface area contributed by atoms with Crippen LogP contribution in [0.3, 0.4) is 0 Å². The van der Waals surface area contributed by atoms with Gasteiger partial charge in [-0.05, 0) is 13.3 Å². The predicted octanol–water partition coefficient (Wildman–Crippen LogP) is 1.24. The van der Waals surface area contributed by atoms with Crippen molar-refractivity contribution >= 4 is 22.4 Å². The minimum Gasteiger partial charge on any atom is -0.468 e. The molecule has 0 fully saturated rings. The zero-order valence-electron chi connectivity index (χ0n) is 9.19. The van der Waals surface area contributed by atoms with Crippen molar-refractivity contribution in [3.05, 3.63) is 5.01 Å². The minimum absolute atomic E-state index is 0.235. The first kappa shape index (κ1) is 11.9. The monoisotopic (exact) mass is 229 g/mol. The largest absolute Gasteiger partial charge is 0.468 e. The lowest BCUT2D eigenvalue weighted by molar-refractivity contribution is -0.138. The molecule has 0 aliphatic heterocycles. The van der Waals surface area contributed by atoms with Crippen LogP contribution >= 0.6 is 11.3 Å². The van der Waals surface area contributed by atoms with Crippen molar-refractivity contribution in [1.29, 1.82) is 0 Å². The Bertz CT molecular complexity index is 327. The van der Waals surface area contributed by atoms with Gasteiger partial charge in [0.2, 0.25) is 5.13 Å². The van der Waals surface area contributed by atoms with Crippen LogP contribution in [0.2, 0.25) is 0 Å². The molecule has 1 rings (SSSR count). The molecule has 6 heteroatoms. The third-order valence-corrected chi connectivity index (χ3v) is 2.73. The summed E-state index contributed by atoms with van der Waals surface area (Å²) in [5.41, 5.74) is 0. The summed E-state index contributed by atoms with van der Waals surface area (Å²) in [4.78, 5) is 13.1. The van der Waals surface area contributed by atoms with Crippen molar-refractivity contribution in [2.75, 3.05) is 25.1 Å². The Morgan fingerprint density at radius 1 is 1.53 bits per heavy atom. The number of hydrogen-bond donors (Lipinski definition) is 0. The fourth-order valence-corrected chi connectivity index (χ4v) is 1.86. The summed E-state index contributed by atoms with van der Waals surface area (Å²) in [5, 5.41) is 9.61. The number of rotatable bonds is 5. The third kappa shape index (κ3) is 3.47. The number of aromatic nitrogens is 2. The Labute approximate surface area is 93.1 Å². The van der Waals surface area contributed by atoms with Crippen LogP contribution in [0, 0.1) is 6.92 Å². The highest BCUT2D eigenvalue weighted by Gasteiger charge is 2.14. The number of methoxy groups -OCH3 is 1. The van der Waals surface area contributed by atoms with Gasteiger partial charge in [-0.25, -0.2) is 0 Å². The number of anilines is 1. The van der Waals surface area contributed by atoms with Crippen LogP contribution in [-0.4, -0.2) is 36.4 Å². The second-order valence-electron chi connectivity index (χ2n) is 3.10. The topological polar surface area (TPSA) is 55.3 Å². The molecule has 0 aliphatic rings. The normalized spacial score (nSPS) is 10.1. The van der Waals surface area contributed by atoms with E-state index in [9.17, 15) is 4.79 Å². The zero-order valence-corrected chi connectivity index (χ0v) is 10.0. The van der Waals surface area contributed by atoms with E-state index in [2.05, 4.69) is 21.9 Å². The van der Waals surface area contributed by atoms with Crippen LogP contribution in [0.1, 0.15) is 18.4 Å². The molecule has 0 saturated carbocycles. The SMILES string of the molecule is CCCN(CC(=O)OC)c1nnc(C)s1. The van der Waals surface area contributed by atoms with Gasteiger partial charge in [0.05, 0.1) is 7.11 Å². The second-order valence-corrected chi connectivity index (χ2v) is 4.26. The Balaban J connectivity index is 2.69. The number of carbonyl (C=O) groups excluding carboxylic acids is 1. The number of ether oxygens (including phenoxy) is 1. The third-order valence-electron chi connectivity index (χ3n) is 1.83. The molecule has 0 atom stereocenters. The van der Waals surface area contributed by atoms with Crippen LogP contribution < -0.4 is 4.90 Å². The highest BCUT2D eigenvalue weighted by molar-refractivity contribution is 7.15. The highest BCUT2D eigenvalue weighted by atomic mass is 32.1. The summed E-state index contributed by atoms with van der Waals surface area (Å²) in [6.07, 6.45) is 0.954. The van der Waals surface area contributed by atoms with E-state index in [1.807, 2.05) is 11.8 Å². The van der Waals surface area contributed by atoms with Crippen LogP contribution in [0.5, 0.6) is 0 Å². The number of aryl methyl sites for hydroxylation is 1. The summed E-state index contributed by atoms with van der Waals surface area (Å²) in [6, 6.07) is 0. The molecule has 0 aromatic carbocycles. The fraction of sp³-hybridized carbons (Fsp3) is 0.667. The summed E-state index contributed by atoms with van der Waals surface area (Å²) < 4.78 is 4.63. The van der Waals surface area contributed by atoms with Gasteiger partial charge >= 0.3 is 5.97 Å². The fourth-order valence-electron chi connectivity index (χ4n) is 1.15. The van der Waals surface area contributed by atoms with Crippen molar-refractivity contribution in [3.63, 3.8) is 0 Å². The molecule has 0 N–H and O–H groups in total. The van der Waals surface area contributed by atoms with E-state index in [1.54, 1.807) is 0 Å². The van der Waals surface area contributed by atoms with Gasteiger partial charge in [-0.3, -0.25) is 4.79 Å². The standard InChI is InChI=1S/C9H15N3O2S/c1-4-5-12(6-8(13)14-3)9-11-10-7(2)15-9/h4-6H2,1-3H3. The molecule has 0 unspecified atom stereocenters. The van der Waals surface area contributed by atoms with Crippen molar-refractivity contribution in [2.24, 2.45) is 0 Å². The zero-order chi connectivity index (χ0) is 11.3. The van der Waals surface area contributed by atoms with Crippen molar-refractivity contribution < 1.29 is 9.53 Å². The summed E-state index contributed by atoms with van der Waals surface area (Å²) in [5.74, 6) is -0.253. The van der Waals surface area contributed by atoms with E-state index in [4.69, 9.17) is 0 Å². The number of nitrogens with zero attached hydrogens (tertiary/aromatic N) is 3. The quantitative estimate of drug-likeness (QED) is 0.711. The van der Waals surface area contributed by atoms with Crippen molar-refractivity contribution in [3.8, 4) is 0 Å². The minimum atomic E-state index is -0.253. The molecule has 1 aromatic rings. The molecule has 0 aliphatic carbocycles.